The molecule has 0 aromatic heterocycles. The Hall–Kier alpha value is -2.66. The predicted molar refractivity (Wildman–Crippen MR) is 89.7 cm³/mol. The van der Waals surface area contributed by atoms with E-state index in [1.54, 1.807) is 30.3 Å². The quantitative estimate of drug-likeness (QED) is 0.644. The molecule has 124 valence electrons. The van der Waals surface area contributed by atoms with E-state index in [2.05, 4.69) is 5.32 Å². The maximum absolute atomic E-state index is 13.0. The Labute approximate surface area is 143 Å². The SMILES string of the molecule is O=C(COC(=O)/C=C/c1cccc(F)c1)NCc1ccc(Cl)cc1. The van der Waals surface area contributed by atoms with Crippen LogP contribution in [0.4, 0.5) is 4.39 Å². The van der Waals surface area contributed by atoms with Crippen LogP contribution in [0.15, 0.2) is 54.6 Å². The highest BCUT2D eigenvalue weighted by Crippen LogP contribution is 2.09. The van der Waals surface area contributed by atoms with Crippen LogP contribution in [0.5, 0.6) is 0 Å². The molecule has 0 saturated heterocycles. The predicted octanol–water partition coefficient (Wildman–Crippen LogP) is 3.35. The van der Waals surface area contributed by atoms with Crippen LogP contribution in [0.1, 0.15) is 11.1 Å². The molecule has 0 atom stereocenters. The van der Waals surface area contributed by atoms with Crippen LogP contribution >= 0.6 is 11.6 Å². The normalized spacial score (nSPS) is 10.6. The zero-order valence-corrected chi connectivity index (χ0v) is 13.4. The summed E-state index contributed by atoms with van der Waals surface area (Å²) >= 11 is 5.77. The molecular formula is C18H15ClFNO3. The summed E-state index contributed by atoms with van der Waals surface area (Å²) in [5.74, 6) is -1.49. The molecule has 0 saturated carbocycles. The van der Waals surface area contributed by atoms with Crippen molar-refractivity contribution in [2.45, 2.75) is 6.54 Å². The van der Waals surface area contributed by atoms with Gasteiger partial charge in [-0.1, -0.05) is 35.9 Å². The van der Waals surface area contributed by atoms with Gasteiger partial charge in [-0.15, -0.1) is 0 Å². The molecule has 0 radical (unpaired) electrons. The molecule has 24 heavy (non-hydrogen) atoms. The van der Waals surface area contributed by atoms with Gasteiger partial charge in [0.05, 0.1) is 0 Å². The zero-order valence-electron chi connectivity index (χ0n) is 12.7. The average molecular weight is 348 g/mol. The van der Waals surface area contributed by atoms with Gasteiger partial charge >= 0.3 is 5.97 Å². The van der Waals surface area contributed by atoms with Gasteiger partial charge in [0.15, 0.2) is 6.61 Å². The van der Waals surface area contributed by atoms with Crippen molar-refractivity contribution in [3.05, 3.63) is 76.6 Å². The van der Waals surface area contributed by atoms with E-state index in [0.717, 1.165) is 11.6 Å². The Bertz CT molecular complexity index is 744. The number of hydrogen-bond donors (Lipinski definition) is 1. The molecule has 0 aliphatic rings. The standard InChI is InChI=1S/C18H15ClFNO3/c19-15-7-4-14(5-8-15)11-21-17(22)12-24-18(23)9-6-13-2-1-3-16(20)10-13/h1-10H,11-12H2,(H,21,22)/b9-6+. The lowest BCUT2D eigenvalue weighted by atomic mass is 10.2. The molecular weight excluding hydrogens is 333 g/mol. The second kappa shape index (κ2) is 8.84. The van der Waals surface area contributed by atoms with E-state index in [4.69, 9.17) is 16.3 Å². The lowest BCUT2D eigenvalue weighted by molar-refractivity contribution is -0.143. The van der Waals surface area contributed by atoms with Crippen molar-refractivity contribution >= 4 is 29.6 Å². The van der Waals surface area contributed by atoms with Crippen LogP contribution in [-0.2, 0) is 20.9 Å². The van der Waals surface area contributed by atoms with Gasteiger partial charge in [-0.05, 0) is 41.5 Å². The highest BCUT2D eigenvalue weighted by atomic mass is 35.5. The molecule has 4 nitrogen and oxygen atoms in total. The molecule has 6 heteroatoms. The molecule has 0 aliphatic heterocycles. The molecule has 0 heterocycles. The molecule has 1 N–H and O–H groups in total. The lowest BCUT2D eigenvalue weighted by Gasteiger charge is -2.05. The minimum absolute atomic E-state index is 0.312. The molecule has 1 amide bonds. The second-order valence-corrected chi connectivity index (χ2v) is 5.34. The summed E-state index contributed by atoms with van der Waals surface area (Å²) in [5.41, 5.74) is 1.41. The zero-order chi connectivity index (χ0) is 17.4. The highest BCUT2D eigenvalue weighted by molar-refractivity contribution is 6.30. The number of esters is 1. The molecule has 2 aromatic rings. The number of amides is 1. The van der Waals surface area contributed by atoms with E-state index >= 15 is 0 Å². The third-order valence-corrected chi connectivity index (χ3v) is 3.26. The largest absolute Gasteiger partial charge is 0.452 e. The molecule has 0 aliphatic carbocycles. The first-order valence-electron chi connectivity index (χ1n) is 7.14. The van der Waals surface area contributed by atoms with E-state index in [9.17, 15) is 14.0 Å². The van der Waals surface area contributed by atoms with Crippen LogP contribution in [0.2, 0.25) is 5.02 Å². The summed E-state index contributed by atoms with van der Waals surface area (Å²) in [5, 5.41) is 3.24. The van der Waals surface area contributed by atoms with Gasteiger partial charge in [0.1, 0.15) is 5.82 Å². The first-order valence-corrected chi connectivity index (χ1v) is 7.52. The van der Waals surface area contributed by atoms with Crippen molar-refractivity contribution in [1.29, 1.82) is 0 Å². The minimum Gasteiger partial charge on any atom is -0.452 e. The summed E-state index contributed by atoms with van der Waals surface area (Å²) in [4.78, 5) is 23.1. The number of benzene rings is 2. The summed E-state index contributed by atoms with van der Waals surface area (Å²) in [6.07, 6.45) is 2.55. The maximum Gasteiger partial charge on any atom is 0.331 e. The second-order valence-electron chi connectivity index (χ2n) is 4.90. The van der Waals surface area contributed by atoms with Crippen LogP contribution in [0, 0.1) is 5.82 Å². The molecule has 0 bridgehead atoms. The van der Waals surface area contributed by atoms with E-state index < -0.39 is 17.7 Å². The Morgan fingerprint density at radius 1 is 1.17 bits per heavy atom. The van der Waals surface area contributed by atoms with Gasteiger partial charge in [0, 0.05) is 17.6 Å². The summed E-state index contributed by atoms with van der Waals surface area (Å²) in [7, 11) is 0. The Morgan fingerprint density at radius 3 is 2.62 bits per heavy atom. The Kier molecular flexibility index (Phi) is 6.51. The third-order valence-electron chi connectivity index (χ3n) is 3.01. The van der Waals surface area contributed by atoms with Crippen molar-refractivity contribution in [3.8, 4) is 0 Å². The average Bonchev–Trinajstić information content (AvgIpc) is 2.57. The number of carbonyl (C=O) groups excluding carboxylic acids is 2. The van der Waals surface area contributed by atoms with E-state index in [1.807, 2.05) is 0 Å². The smallest absolute Gasteiger partial charge is 0.331 e. The van der Waals surface area contributed by atoms with Crippen LogP contribution in [0.25, 0.3) is 6.08 Å². The Morgan fingerprint density at radius 2 is 1.92 bits per heavy atom. The number of halogens is 2. The number of carbonyl (C=O) groups is 2. The van der Waals surface area contributed by atoms with Gasteiger partial charge in [0.2, 0.25) is 0 Å². The van der Waals surface area contributed by atoms with Gasteiger partial charge < -0.3 is 10.1 Å². The third kappa shape index (κ3) is 6.22. The number of rotatable bonds is 6. The molecule has 0 spiro atoms. The molecule has 2 aromatic carbocycles. The van der Waals surface area contributed by atoms with E-state index in [1.165, 1.54) is 24.3 Å². The fraction of sp³-hybridized carbons (Fsp3) is 0.111. The number of ether oxygens (including phenoxy) is 1. The highest BCUT2D eigenvalue weighted by Gasteiger charge is 2.05. The molecule has 2 rings (SSSR count). The van der Waals surface area contributed by atoms with Crippen molar-refractivity contribution in [2.75, 3.05) is 6.61 Å². The number of hydrogen-bond acceptors (Lipinski definition) is 3. The monoisotopic (exact) mass is 347 g/mol. The summed E-state index contributed by atoms with van der Waals surface area (Å²) in [6, 6.07) is 12.8. The van der Waals surface area contributed by atoms with Crippen molar-refractivity contribution in [2.24, 2.45) is 0 Å². The van der Waals surface area contributed by atoms with E-state index in [-0.39, 0.29) is 6.61 Å². The minimum atomic E-state index is -0.680. The molecule has 0 unspecified atom stereocenters. The van der Waals surface area contributed by atoms with Gasteiger partial charge in [0.25, 0.3) is 5.91 Å². The first kappa shape index (κ1) is 17.7. The van der Waals surface area contributed by atoms with Crippen LogP contribution < -0.4 is 5.32 Å². The van der Waals surface area contributed by atoms with E-state index in [0.29, 0.717) is 17.1 Å². The molecule has 0 fully saturated rings. The fourth-order valence-corrected chi connectivity index (χ4v) is 1.94. The number of nitrogens with one attached hydrogen (secondary N) is 1. The van der Waals surface area contributed by atoms with Crippen LogP contribution in [0.3, 0.4) is 0 Å². The van der Waals surface area contributed by atoms with Gasteiger partial charge in [-0.25, -0.2) is 9.18 Å². The van der Waals surface area contributed by atoms with Gasteiger partial charge in [-0.2, -0.15) is 0 Å². The summed E-state index contributed by atoms with van der Waals surface area (Å²) < 4.78 is 17.8. The lowest BCUT2D eigenvalue weighted by Crippen LogP contribution is -2.28. The summed E-state index contributed by atoms with van der Waals surface area (Å²) in [6.45, 7) is -0.0768. The van der Waals surface area contributed by atoms with Gasteiger partial charge in [-0.3, -0.25) is 4.79 Å². The maximum atomic E-state index is 13.0. The van der Waals surface area contributed by atoms with Crippen molar-refractivity contribution < 1.29 is 18.7 Å². The van der Waals surface area contributed by atoms with Crippen molar-refractivity contribution in [1.82, 2.24) is 5.32 Å². The van der Waals surface area contributed by atoms with Crippen molar-refractivity contribution in [3.63, 3.8) is 0 Å². The Balaban J connectivity index is 1.72. The fourth-order valence-electron chi connectivity index (χ4n) is 1.81. The van der Waals surface area contributed by atoms with Crippen LogP contribution in [-0.4, -0.2) is 18.5 Å². The first-order chi connectivity index (χ1) is 11.5. The topological polar surface area (TPSA) is 55.4 Å².